The highest BCUT2D eigenvalue weighted by molar-refractivity contribution is 7.99. The smallest absolute Gasteiger partial charge is 0.411 e. The van der Waals surface area contributed by atoms with Crippen LogP contribution in [-0.2, 0) is 20.9 Å². The SMILES string of the molecule is CC(C)OC(=O)N1CSC[C@H]1C(=O)NC(CSCC1CCCCC1)C(=O)NCCNCc1ccccc1. The fourth-order valence-electron chi connectivity index (χ4n) is 4.49. The van der Waals surface area contributed by atoms with Crippen LogP contribution in [0, 0.1) is 5.92 Å². The van der Waals surface area contributed by atoms with Crippen molar-refractivity contribution in [1.29, 1.82) is 0 Å². The zero-order valence-corrected chi connectivity index (χ0v) is 23.7. The molecule has 8 nitrogen and oxygen atoms in total. The molecular weight excluding hydrogens is 508 g/mol. The zero-order chi connectivity index (χ0) is 26.5. The molecule has 1 aliphatic carbocycles. The van der Waals surface area contributed by atoms with Gasteiger partial charge in [-0.15, -0.1) is 11.8 Å². The molecule has 3 amide bonds. The van der Waals surface area contributed by atoms with Crippen LogP contribution >= 0.6 is 23.5 Å². The molecule has 0 spiro atoms. The van der Waals surface area contributed by atoms with Crippen molar-refractivity contribution in [2.24, 2.45) is 5.92 Å². The van der Waals surface area contributed by atoms with Gasteiger partial charge in [-0.3, -0.25) is 14.5 Å². The quantitative estimate of drug-likeness (QED) is 0.323. The molecule has 1 aliphatic heterocycles. The Bertz CT molecular complexity index is 852. The summed E-state index contributed by atoms with van der Waals surface area (Å²) in [5.41, 5.74) is 1.19. The van der Waals surface area contributed by atoms with Crippen LogP contribution in [0.2, 0.25) is 0 Å². The highest BCUT2D eigenvalue weighted by Gasteiger charge is 2.37. The summed E-state index contributed by atoms with van der Waals surface area (Å²) in [7, 11) is 0. The highest BCUT2D eigenvalue weighted by Crippen LogP contribution is 2.27. The Kier molecular flexibility index (Phi) is 12.9. The number of nitrogens with zero attached hydrogens (tertiary/aromatic N) is 1. The number of thioether (sulfide) groups is 2. The predicted octanol–water partition coefficient (Wildman–Crippen LogP) is 3.61. The second kappa shape index (κ2) is 16.1. The molecule has 0 aromatic heterocycles. The average Bonchev–Trinajstić information content (AvgIpc) is 3.39. The third-order valence-electron chi connectivity index (χ3n) is 6.52. The van der Waals surface area contributed by atoms with Crippen molar-refractivity contribution in [3.63, 3.8) is 0 Å². The van der Waals surface area contributed by atoms with E-state index in [1.807, 2.05) is 18.2 Å². The molecule has 206 valence electrons. The Morgan fingerprint density at radius 1 is 1.11 bits per heavy atom. The van der Waals surface area contributed by atoms with E-state index in [1.54, 1.807) is 25.6 Å². The van der Waals surface area contributed by atoms with Gasteiger partial charge in [0.25, 0.3) is 0 Å². The van der Waals surface area contributed by atoms with Gasteiger partial charge in [-0.05, 0) is 43.9 Å². The van der Waals surface area contributed by atoms with E-state index in [0.717, 1.165) is 12.3 Å². The first-order chi connectivity index (χ1) is 17.9. The van der Waals surface area contributed by atoms with Crippen molar-refractivity contribution in [1.82, 2.24) is 20.9 Å². The minimum Gasteiger partial charge on any atom is -0.447 e. The fraction of sp³-hybridized carbons (Fsp3) is 0.667. The molecule has 0 bridgehead atoms. The highest BCUT2D eigenvalue weighted by atomic mass is 32.2. The second-order valence-electron chi connectivity index (χ2n) is 9.97. The van der Waals surface area contributed by atoms with E-state index in [1.165, 1.54) is 54.3 Å². The van der Waals surface area contributed by atoms with Crippen LogP contribution in [0.4, 0.5) is 4.79 Å². The van der Waals surface area contributed by atoms with E-state index in [4.69, 9.17) is 4.74 Å². The standard InChI is InChI=1S/C27H42N4O4S2/c1-20(2)35-27(34)31-19-37-18-24(31)26(33)30-23(17-36-16-22-11-7-4-8-12-22)25(32)29-14-13-28-15-21-9-5-3-6-10-21/h3,5-6,9-10,20,22-24,28H,4,7-8,11-19H2,1-2H3,(H,29,32)(H,30,33)/t23?,24-/m0/s1. The van der Waals surface area contributed by atoms with Gasteiger partial charge in [-0.1, -0.05) is 49.6 Å². The topological polar surface area (TPSA) is 99.8 Å². The van der Waals surface area contributed by atoms with E-state index in [-0.39, 0.29) is 17.9 Å². The minimum atomic E-state index is -0.649. The lowest BCUT2D eigenvalue weighted by Gasteiger charge is -2.26. The molecule has 1 saturated carbocycles. The van der Waals surface area contributed by atoms with Gasteiger partial charge in [0.1, 0.15) is 12.1 Å². The molecular formula is C27H42N4O4S2. The molecule has 1 aromatic carbocycles. The molecule has 1 unspecified atom stereocenters. The number of hydrogen-bond donors (Lipinski definition) is 3. The predicted molar refractivity (Wildman–Crippen MR) is 152 cm³/mol. The van der Waals surface area contributed by atoms with Crippen LogP contribution in [0.3, 0.4) is 0 Å². The third kappa shape index (κ3) is 10.4. The molecule has 2 fully saturated rings. The lowest BCUT2D eigenvalue weighted by Crippen LogP contribution is -2.55. The van der Waals surface area contributed by atoms with Gasteiger partial charge in [-0.2, -0.15) is 11.8 Å². The molecule has 0 radical (unpaired) electrons. The maximum atomic E-state index is 13.2. The van der Waals surface area contributed by atoms with E-state index in [2.05, 4.69) is 28.1 Å². The zero-order valence-electron chi connectivity index (χ0n) is 22.1. The maximum Gasteiger partial charge on any atom is 0.411 e. The number of carbonyl (C=O) groups excluding carboxylic acids is 3. The average molecular weight is 551 g/mol. The molecule has 3 N–H and O–H groups in total. The van der Waals surface area contributed by atoms with Gasteiger partial charge >= 0.3 is 6.09 Å². The molecule has 1 aromatic rings. The normalized spacial score (nSPS) is 19.0. The first-order valence-corrected chi connectivity index (χ1v) is 15.7. The van der Waals surface area contributed by atoms with Crippen molar-refractivity contribution < 1.29 is 19.1 Å². The van der Waals surface area contributed by atoms with Crippen LogP contribution in [0.25, 0.3) is 0 Å². The number of rotatable bonds is 13. The summed E-state index contributed by atoms with van der Waals surface area (Å²) < 4.78 is 5.31. The van der Waals surface area contributed by atoms with Gasteiger partial charge in [0.2, 0.25) is 11.8 Å². The first-order valence-electron chi connectivity index (χ1n) is 13.4. The second-order valence-corrected chi connectivity index (χ2v) is 12.0. The number of ether oxygens (including phenoxy) is 1. The van der Waals surface area contributed by atoms with E-state index < -0.39 is 18.2 Å². The van der Waals surface area contributed by atoms with Crippen LogP contribution < -0.4 is 16.0 Å². The summed E-state index contributed by atoms with van der Waals surface area (Å²) in [6.07, 6.45) is 5.62. The molecule has 2 aliphatic rings. The Balaban J connectivity index is 1.51. The molecule has 3 rings (SSSR count). The number of carbonyl (C=O) groups is 3. The lowest BCUT2D eigenvalue weighted by molar-refractivity contribution is -0.130. The van der Waals surface area contributed by atoms with Crippen LogP contribution in [0.5, 0.6) is 0 Å². The van der Waals surface area contributed by atoms with Crippen molar-refractivity contribution in [2.45, 2.75) is 70.7 Å². The summed E-state index contributed by atoms with van der Waals surface area (Å²) in [4.78, 5) is 40.2. The fourth-order valence-corrected chi connectivity index (χ4v) is 6.91. The summed E-state index contributed by atoms with van der Waals surface area (Å²) >= 11 is 3.25. The molecule has 1 saturated heterocycles. The van der Waals surface area contributed by atoms with E-state index in [0.29, 0.717) is 36.4 Å². The van der Waals surface area contributed by atoms with E-state index in [9.17, 15) is 14.4 Å². The Hall–Kier alpha value is -1.91. The molecule has 37 heavy (non-hydrogen) atoms. The van der Waals surface area contributed by atoms with Crippen molar-refractivity contribution in [3.8, 4) is 0 Å². The van der Waals surface area contributed by atoms with Gasteiger partial charge in [0.05, 0.1) is 12.0 Å². The van der Waals surface area contributed by atoms with Crippen molar-refractivity contribution in [2.75, 3.05) is 36.2 Å². The van der Waals surface area contributed by atoms with Crippen molar-refractivity contribution >= 4 is 41.4 Å². The minimum absolute atomic E-state index is 0.187. The summed E-state index contributed by atoms with van der Waals surface area (Å²) in [5, 5.41) is 9.25. The molecule has 1 heterocycles. The number of amides is 3. The number of benzene rings is 1. The summed E-state index contributed by atoms with van der Waals surface area (Å²) in [6, 6.07) is 8.82. The summed E-state index contributed by atoms with van der Waals surface area (Å²) in [6.45, 7) is 5.40. The lowest BCUT2D eigenvalue weighted by atomic mass is 9.91. The van der Waals surface area contributed by atoms with Crippen LogP contribution in [-0.4, -0.2) is 77.2 Å². The van der Waals surface area contributed by atoms with Crippen molar-refractivity contribution in [3.05, 3.63) is 35.9 Å². The summed E-state index contributed by atoms with van der Waals surface area (Å²) in [5.74, 6) is 2.62. The van der Waals surface area contributed by atoms with E-state index >= 15 is 0 Å². The van der Waals surface area contributed by atoms with Gasteiger partial charge < -0.3 is 20.7 Å². The Morgan fingerprint density at radius 3 is 2.59 bits per heavy atom. The number of hydrogen-bond acceptors (Lipinski definition) is 7. The van der Waals surface area contributed by atoms with Gasteiger partial charge in [0, 0.05) is 31.1 Å². The van der Waals surface area contributed by atoms with Crippen LogP contribution in [0.15, 0.2) is 30.3 Å². The Morgan fingerprint density at radius 2 is 1.86 bits per heavy atom. The first kappa shape index (κ1) is 29.6. The monoisotopic (exact) mass is 550 g/mol. The molecule has 2 atom stereocenters. The molecule has 10 heteroatoms. The maximum absolute atomic E-state index is 13.2. The third-order valence-corrected chi connectivity index (χ3v) is 8.81. The van der Waals surface area contributed by atoms with Gasteiger partial charge in [0.15, 0.2) is 0 Å². The largest absolute Gasteiger partial charge is 0.447 e. The van der Waals surface area contributed by atoms with Gasteiger partial charge in [-0.25, -0.2) is 4.79 Å². The number of nitrogens with one attached hydrogen (secondary N) is 3. The van der Waals surface area contributed by atoms with Crippen LogP contribution in [0.1, 0.15) is 51.5 Å². The Labute approximate surface area is 229 Å².